The predicted molar refractivity (Wildman–Crippen MR) is 82.6 cm³/mol. The highest BCUT2D eigenvalue weighted by molar-refractivity contribution is 5.90. The summed E-state index contributed by atoms with van der Waals surface area (Å²) >= 11 is 0. The number of likely N-dealkylation sites (N-methyl/N-ethyl adjacent to an activating group) is 2. The van der Waals surface area contributed by atoms with Crippen LogP contribution in [-0.4, -0.2) is 26.2 Å². The molecule has 1 aromatic carbocycles. The maximum atomic E-state index is 9.05. The van der Waals surface area contributed by atoms with Crippen LogP contribution in [0, 0.1) is 16.7 Å². The molecule has 0 atom stereocenters. The number of hydrogen-bond acceptors (Lipinski definition) is 5. The van der Waals surface area contributed by atoms with Gasteiger partial charge >= 0.3 is 0 Å². The minimum Gasteiger partial charge on any atom is -0.438 e. The molecule has 108 valence electrons. The molecule has 0 radical (unpaired) electrons. The van der Waals surface area contributed by atoms with Crippen LogP contribution in [0.1, 0.15) is 19.4 Å². The first kappa shape index (κ1) is 13.5. The smallest absolute Gasteiger partial charge is 0.229 e. The molecule has 0 saturated carbocycles. The van der Waals surface area contributed by atoms with Gasteiger partial charge in [0.2, 0.25) is 5.55 Å². The van der Waals surface area contributed by atoms with Gasteiger partial charge in [0.15, 0.2) is 0 Å². The summed E-state index contributed by atoms with van der Waals surface area (Å²) in [5, 5.41) is 17.7. The molecule has 2 aromatic rings. The van der Waals surface area contributed by atoms with Gasteiger partial charge in [0.05, 0.1) is 11.4 Å². The Hall–Kier alpha value is -2.48. The molecular formula is C16H18N4O. The molecule has 0 unspecified atom stereocenters. The molecule has 2 heterocycles. The second kappa shape index (κ2) is 5.13. The van der Waals surface area contributed by atoms with Gasteiger partial charge in [0.1, 0.15) is 17.2 Å². The lowest BCUT2D eigenvalue weighted by Crippen LogP contribution is -2.40. The first-order chi connectivity index (χ1) is 10.2. The molecule has 1 aromatic heterocycles. The Balaban J connectivity index is 2.27. The standard InChI is InChI=1S/C16H18N4O/c1-3-19-5-6-20(4-2)14-9-15-11(8-13(14)19)7-12(10-17)16(18)21-15/h7-9,18H,3-6H2,1-2H3. The molecule has 0 bridgehead atoms. The Kier molecular flexibility index (Phi) is 3.30. The molecule has 3 rings (SSSR count). The Labute approximate surface area is 123 Å². The van der Waals surface area contributed by atoms with Gasteiger partial charge in [-0.25, -0.2) is 0 Å². The number of fused-ring (bicyclic) bond motifs is 2. The maximum Gasteiger partial charge on any atom is 0.229 e. The van der Waals surface area contributed by atoms with Crippen LogP contribution in [0.2, 0.25) is 0 Å². The van der Waals surface area contributed by atoms with Crippen molar-refractivity contribution in [2.45, 2.75) is 13.8 Å². The minimum atomic E-state index is -0.0730. The third-order valence-corrected chi connectivity index (χ3v) is 4.07. The predicted octanol–water partition coefficient (Wildman–Crippen LogP) is 2.45. The second-order valence-corrected chi connectivity index (χ2v) is 5.14. The number of hydrogen-bond donors (Lipinski definition) is 1. The average molecular weight is 282 g/mol. The highest BCUT2D eigenvalue weighted by Gasteiger charge is 2.22. The fourth-order valence-corrected chi connectivity index (χ4v) is 2.89. The van der Waals surface area contributed by atoms with E-state index in [0.29, 0.717) is 5.58 Å². The van der Waals surface area contributed by atoms with Crippen LogP contribution in [0.5, 0.6) is 0 Å². The van der Waals surface area contributed by atoms with E-state index in [0.717, 1.165) is 37.3 Å². The van der Waals surface area contributed by atoms with Crippen LogP contribution in [0.3, 0.4) is 0 Å². The molecule has 1 aliphatic heterocycles. The molecule has 5 nitrogen and oxygen atoms in total. The van der Waals surface area contributed by atoms with Gasteiger partial charge in [-0.2, -0.15) is 5.26 Å². The van der Waals surface area contributed by atoms with Crippen LogP contribution in [0.15, 0.2) is 22.6 Å². The van der Waals surface area contributed by atoms with Crippen molar-refractivity contribution in [3.63, 3.8) is 0 Å². The normalized spacial score (nSPS) is 14.1. The summed E-state index contributed by atoms with van der Waals surface area (Å²) in [6.07, 6.45) is 0. The number of anilines is 2. The second-order valence-electron chi connectivity index (χ2n) is 5.14. The third kappa shape index (κ3) is 2.13. The molecule has 0 saturated heterocycles. The van der Waals surface area contributed by atoms with Crippen molar-refractivity contribution in [1.82, 2.24) is 0 Å². The van der Waals surface area contributed by atoms with Crippen molar-refractivity contribution in [3.05, 3.63) is 29.3 Å². The summed E-state index contributed by atoms with van der Waals surface area (Å²) in [5.74, 6) is 0. The number of nitrogens with zero attached hydrogens (tertiary/aromatic N) is 3. The van der Waals surface area contributed by atoms with Gasteiger partial charge in [0, 0.05) is 37.6 Å². The fourth-order valence-electron chi connectivity index (χ4n) is 2.89. The van der Waals surface area contributed by atoms with E-state index in [1.165, 1.54) is 5.69 Å². The van der Waals surface area contributed by atoms with E-state index in [1.54, 1.807) is 6.07 Å². The molecule has 1 N–H and O–H groups in total. The molecule has 1 aliphatic rings. The first-order valence-electron chi connectivity index (χ1n) is 7.24. The lowest BCUT2D eigenvalue weighted by molar-refractivity contribution is 0.530. The lowest BCUT2D eigenvalue weighted by Gasteiger charge is -2.38. The van der Waals surface area contributed by atoms with E-state index in [2.05, 4.69) is 29.7 Å². The number of nitriles is 1. The Morgan fingerprint density at radius 2 is 1.76 bits per heavy atom. The minimum absolute atomic E-state index is 0.0730. The van der Waals surface area contributed by atoms with Crippen LogP contribution in [-0.2, 0) is 0 Å². The molecule has 21 heavy (non-hydrogen) atoms. The monoisotopic (exact) mass is 282 g/mol. The first-order valence-corrected chi connectivity index (χ1v) is 7.24. The quantitative estimate of drug-likeness (QED) is 0.918. The van der Waals surface area contributed by atoms with Crippen LogP contribution in [0.25, 0.3) is 11.0 Å². The topological polar surface area (TPSA) is 67.3 Å². The van der Waals surface area contributed by atoms with E-state index in [4.69, 9.17) is 15.1 Å². The number of benzene rings is 1. The molecule has 0 spiro atoms. The zero-order valence-corrected chi connectivity index (χ0v) is 12.3. The highest BCUT2D eigenvalue weighted by atomic mass is 16.3. The van der Waals surface area contributed by atoms with Crippen LogP contribution >= 0.6 is 0 Å². The molecule has 0 fully saturated rings. The molecular weight excluding hydrogens is 264 g/mol. The SMILES string of the molecule is CCN1CCN(CC)c2cc3oc(=N)c(C#N)cc3cc21. The summed E-state index contributed by atoms with van der Waals surface area (Å²) in [5.41, 5.74) is 3.18. The van der Waals surface area contributed by atoms with Gasteiger partial charge in [-0.3, -0.25) is 5.41 Å². The summed E-state index contributed by atoms with van der Waals surface area (Å²) in [6.45, 7) is 8.18. The van der Waals surface area contributed by atoms with Crippen molar-refractivity contribution in [1.29, 1.82) is 10.7 Å². The van der Waals surface area contributed by atoms with Gasteiger partial charge in [-0.1, -0.05) is 0 Å². The van der Waals surface area contributed by atoms with Crippen molar-refractivity contribution < 1.29 is 4.42 Å². The maximum absolute atomic E-state index is 9.05. The van der Waals surface area contributed by atoms with Gasteiger partial charge < -0.3 is 14.2 Å². The van der Waals surface area contributed by atoms with E-state index in [1.807, 2.05) is 12.1 Å². The summed E-state index contributed by atoms with van der Waals surface area (Å²) in [6, 6.07) is 7.81. The van der Waals surface area contributed by atoms with Gasteiger partial charge in [-0.15, -0.1) is 0 Å². The molecule has 0 amide bonds. The van der Waals surface area contributed by atoms with E-state index < -0.39 is 0 Å². The zero-order chi connectivity index (χ0) is 15.0. The largest absolute Gasteiger partial charge is 0.438 e. The Bertz CT molecular complexity index is 787. The Morgan fingerprint density at radius 1 is 1.14 bits per heavy atom. The third-order valence-electron chi connectivity index (χ3n) is 4.07. The number of nitrogens with one attached hydrogen (secondary N) is 1. The molecule has 0 aliphatic carbocycles. The molecule has 5 heteroatoms. The highest BCUT2D eigenvalue weighted by Crippen LogP contribution is 2.36. The van der Waals surface area contributed by atoms with E-state index in [-0.39, 0.29) is 11.1 Å². The average Bonchev–Trinajstić information content (AvgIpc) is 2.51. The van der Waals surface area contributed by atoms with Crippen molar-refractivity contribution in [2.24, 2.45) is 0 Å². The zero-order valence-electron chi connectivity index (χ0n) is 12.3. The Morgan fingerprint density at radius 3 is 2.33 bits per heavy atom. The van der Waals surface area contributed by atoms with Crippen molar-refractivity contribution in [3.8, 4) is 6.07 Å². The number of rotatable bonds is 2. The van der Waals surface area contributed by atoms with Crippen LogP contribution < -0.4 is 15.4 Å². The van der Waals surface area contributed by atoms with Gasteiger partial charge in [0.25, 0.3) is 0 Å². The van der Waals surface area contributed by atoms with Crippen LogP contribution in [0.4, 0.5) is 11.4 Å². The fraction of sp³-hybridized carbons (Fsp3) is 0.375. The van der Waals surface area contributed by atoms with Crippen molar-refractivity contribution in [2.75, 3.05) is 36.0 Å². The van der Waals surface area contributed by atoms with E-state index in [9.17, 15) is 0 Å². The lowest BCUT2D eigenvalue weighted by atomic mass is 10.1. The summed E-state index contributed by atoms with van der Waals surface area (Å²) < 4.78 is 5.51. The summed E-state index contributed by atoms with van der Waals surface area (Å²) in [7, 11) is 0. The van der Waals surface area contributed by atoms with Crippen molar-refractivity contribution >= 4 is 22.3 Å². The van der Waals surface area contributed by atoms with Gasteiger partial charge in [-0.05, 0) is 26.0 Å². The summed E-state index contributed by atoms with van der Waals surface area (Å²) in [4.78, 5) is 4.65. The van der Waals surface area contributed by atoms with E-state index >= 15 is 0 Å².